The quantitative estimate of drug-likeness (QED) is 0.215. The lowest BCUT2D eigenvalue weighted by molar-refractivity contribution is 0.725. The Morgan fingerprint density at radius 1 is 0.536 bits per heavy atom. The van der Waals surface area contributed by atoms with E-state index in [1.54, 1.807) is 0 Å². The van der Waals surface area contributed by atoms with Gasteiger partial charge in [-0.05, 0) is 57.0 Å². The highest BCUT2D eigenvalue weighted by molar-refractivity contribution is 9.09. The third-order valence-electron chi connectivity index (χ3n) is 5.75. The summed E-state index contributed by atoms with van der Waals surface area (Å²) in [7, 11) is 0. The minimum Gasteiger partial charge on any atom is -0.0839 e. The summed E-state index contributed by atoms with van der Waals surface area (Å²) in [5, 5.41) is 2.61. The van der Waals surface area contributed by atoms with Crippen molar-refractivity contribution in [2.24, 2.45) is 0 Å². The molecule has 0 fully saturated rings. The van der Waals surface area contributed by atoms with E-state index in [1.807, 2.05) is 0 Å². The van der Waals surface area contributed by atoms with Gasteiger partial charge in [-0.3, -0.25) is 0 Å². The molecule has 4 aromatic carbocycles. The zero-order chi connectivity index (χ0) is 19.1. The first-order valence-corrected chi connectivity index (χ1v) is 11.5. The van der Waals surface area contributed by atoms with Crippen LogP contribution in [0.2, 0.25) is 0 Å². The Morgan fingerprint density at radius 2 is 0.964 bits per heavy atom. The van der Waals surface area contributed by atoms with E-state index in [-0.39, 0.29) is 0 Å². The fraction of sp³-hybridized carbons (Fsp3) is 0.154. The van der Waals surface area contributed by atoms with Gasteiger partial charge in [-0.2, -0.15) is 0 Å². The van der Waals surface area contributed by atoms with E-state index in [0.717, 1.165) is 12.8 Å². The Balaban J connectivity index is 1.81. The summed E-state index contributed by atoms with van der Waals surface area (Å²) < 4.78 is 0. The monoisotopic (exact) mass is 490 g/mol. The van der Waals surface area contributed by atoms with E-state index < -0.39 is 0 Å². The molecule has 138 valence electrons. The van der Waals surface area contributed by atoms with E-state index >= 15 is 0 Å². The lowest BCUT2D eigenvalue weighted by Gasteiger charge is -2.14. The molecule has 0 radical (unpaired) electrons. The van der Waals surface area contributed by atoms with Crippen LogP contribution < -0.4 is 0 Å². The van der Waals surface area contributed by atoms with Crippen molar-refractivity contribution in [3.8, 4) is 22.3 Å². The van der Waals surface area contributed by atoms with Crippen LogP contribution in [0.5, 0.6) is 0 Å². The zero-order valence-electron chi connectivity index (χ0n) is 15.4. The lowest BCUT2D eigenvalue weighted by Crippen LogP contribution is -1.95. The van der Waals surface area contributed by atoms with E-state index in [4.69, 9.17) is 0 Å². The van der Waals surface area contributed by atoms with Crippen molar-refractivity contribution in [3.63, 3.8) is 0 Å². The zero-order valence-corrected chi connectivity index (χ0v) is 18.6. The van der Waals surface area contributed by atoms with Crippen molar-refractivity contribution in [3.05, 3.63) is 96.1 Å². The van der Waals surface area contributed by atoms with Gasteiger partial charge in [0.05, 0.1) is 0 Å². The molecule has 8 rings (SSSR count). The molecule has 0 amide bonds. The van der Waals surface area contributed by atoms with E-state index in [9.17, 15) is 0 Å². The van der Waals surface area contributed by atoms with Gasteiger partial charge in [-0.15, -0.1) is 0 Å². The van der Waals surface area contributed by atoms with Crippen LogP contribution in [0, 0.1) is 0 Å². The Kier molecular flexibility index (Phi) is 4.86. The summed E-state index contributed by atoms with van der Waals surface area (Å²) in [6, 6.07) is 31.4. The lowest BCUT2D eigenvalue weighted by atomic mass is 9.91. The molecule has 28 heavy (non-hydrogen) atoms. The molecule has 4 aromatic rings. The second-order valence-electron chi connectivity index (χ2n) is 7.47. The van der Waals surface area contributed by atoms with E-state index in [1.165, 1.54) is 44.2 Å². The fourth-order valence-corrected chi connectivity index (χ4v) is 5.33. The van der Waals surface area contributed by atoms with Crippen LogP contribution in [0.15, 0.2) is 84.9 Å². The molecular weight excluding hydrogens is 472 g/mol. The first-order valence-electron chi connectivity index (χ1n) is 9.71. The molecule has 0 saturated carbocycles. The Labute approximate surface area is 182 Å². The first kappa shape index (κ1) is 18.1. The van der Waals surface area contributed by atoms with Crippen molar-refractivity contribution in [2.75, 3.05) is 0 Å². The molecule has 4 aliphatic carbocycles. The minimum atomic E-state index is 0.370. The normalized spacial score (nSPS) is 18.8. The van der Waals surface area contributed by atoms with Gasteiger partial charge in [0.15, 0.2) is 0 Å². The molecule has 2 unspecified atom stereocenters. The largest absolute Gasteiger partial charge is 0.0839 e. The summed E-state index contributed by atoms with van der Waals surface area (Å²) in [4.78, 5) is 0.739. The number of rotatable bonds is 0. The van der Waals surface area contributed by atoms with Gasteiger partial charge in [0.1, 0.15) is 0 Å². The number of halogens is 2. The SMILES string of the molecule is BrC1CCC(Br)c2ccc(cc2)-c2cccc3cccc(c23)-c2ccc1cc2. The van der Waals surface area contributed by atoms with Gasteiger partial charge < -0.3 is 0 Å². The van der Waals surface area contributed by atoms with E-state index in [2.05, 4.69) is 117 Å². The third-order valence-corrected chi connectivity index (χ3v) is 7.72. The van der Waals surface area contributed by atoms with Crippen LogP contribution in [0.4, 0.5) is 0 Å². The Morgan fingerprint density at radius 3 is 1.39 bits per heavy atom. The molecule has 0 aliphatic heterocycles. The van der Waals surface area contributed by atoms with Crippen molar-refractivity contribution < 1.29 is 0 Å². The summed E-state index contributed by atoms with van der Waals surface area (Å²) in [6.07, 6.45) is 2.18. The van der Waals surface area contributed by atoms with Crippen LogP contribution >= 0.6 is 31.9 Å². The average molecular weight is 492 g/mol. The first-order chi connectivity index (χ1) is 13.7. The van der Waals surface area contributed by atoms with Crippen LogP contribution in [0.1, 0.15) is 33.6 Å². The second kappa shape index (κ2) is 7.50. The van der Waals surface area contributed by atoms with Gasteiger partial charge in [-0.25, -0.2) is 0 Å². The van der Waals surface area contributed by atoms with Gasteiger partial charge in [0, 0.05) is 9.65 Å². The molecule has 2 heteroatoms. The van der Waals surface area contributed by atoms with Gasteiger partial charge in [0.25, 0.3) is 0 Å². The maximum Gasteiger partial charge on any atom is 0.0395 e. The second-order valence-corrected chi connectivity index (χ2v) is 9.68. The van der Waals surface area contributed by atoms with Crippen LogP contribution in [-0.4, -0.2) is 0 Å². The van der Waals surface area contributed by atoms with Gasteiger partial charge in [0.2, 0.25) is 0 Å². The maximum absolute atomic E-state index is 3.90. The predicted octanol–water partition coefficient (Wildman–Crippen LogP) is 8.84. The van der Waals surface area contributed by atoms with Crippen molar-refractivity contribution >= 4 is 42.6 Å². The number of benzene rings is 4. The number of alkyl halides is 2. The smallest absolute Gasteiger partial charge is 0.0395 e. The van der Waals surface area contributed by atoms with Crippen LogP contribution in [0.3, 0.4) is 0 Å². The highest BCUT2D eigenvalue weighted by atomic mass is 79.9. The van der Waals surface area contributed by atoms with Crippen LogP contribution in [0.25, 0.3) is 33.0 Å². The van der Waals surface area contributed by atoms with Gasteiger partial charge >= 0.3 is 0 Å². The molecular formula is C26H20Br2. The highest BCUT2D eigenvalue weighted by Gasteiger charge is 2.16. The Bertz CT molecular complexity index is 1040. The molecule has 0 N–H and O–H groups in total. The van der Waals surface area contributed by atoms with Crippen molar-refractivity contribution in [1.82, 2.24) is 0 Å². The minimum absolute atomic E-state index is 0.370. The summed E-state index contributed by atoms with van der Waals surface area (Å²) in [5.74, 6) is 0. The van der Waals surface area contributed by atoms with Crippen LogP contribution in [-0.2, 0) is 0 Å². The molecule has 4 aliphatic rings. The topological polar surface area (TPSA) is 0 Å². The molecule has 0 spiro atoms. The van der Waals surface area contributed by atoms with Crippen molar-refractivity contribution in [1.29, 1.82) is 0 Å². The third kappa shape index (κ3) is 3.23. The standard InChI is InChI=1S/C26H20Br2/c27-24-15-16-25(28)20-13-9-18(10-14-20)23-6-2-4-21-3-1-5-22(26(21)23)17-7-11-19(24)12-8-17/h1-14,24-25H,15-16H2. The predicted molar refractivity (Wildman–Crippen MR) is 127 cm³/mol. The summed E-state index contributed by atoms with van der Waals surface area (Å²) in [5.41, 5.74) is 7.81. The molecule has 0 saturated heterocycles. The van der Waals surface area contributed by atoms with Gasteiger partial charge in [-0.1, -0.05) is 117 Å². The highest BCUT2D eigenvalue weighted by Crippen LogP contribution is 2.40. The Hall–Kier alpha value is -1.90. The van der Waals surface area contributed by atoms with Crippen molar-refractivity contribution in [2.45, 2.75) is 22.5 Å². The molecule has 0 aromatic heterocycles. The maximum atomic E-state index is 3.90. The average Bonchev–Trinajstić information content (AvgIpc) is 2.76. The molecule has 2 atom stereocenters. The fourth-order valence-electron chi connectivity index (χ4n) is 4.19. The molecule has 0 heterocycles. The summed E-state index contributed by atoms with van der Waals surface area (Å²) >= 11 is 7.79. The van der Waals surface area contributed by atoms with E-state index in [0.29, 0.717) is 9.65 Å². The molecule has 0 nitrogen and oxygen atoms in total. The number of hydrogen-bond acceptors (Lipinski definition) is 0. The molecule has 4 bridgehead atoms. The number of hydrogen-bond donors (Lipinski definition) is 0. The summed E-state index contributed by atoms with van der Waals surface area (Å²) in [6.45, 7) is 0.